The number of carbonyl (C=O) groups is 2. The molecule has 1 N–H and O–H groups in total. The molecule has 2 amide bonds. The van der Waals surface area contributed by atoms with E-state index in [-0.39, 0.29) is 19.6 Å². The molecule has 5 rings (SSSR count). The van der Waals surface area contributed by atoms with Gasteiger partial charge in [0.15, 0.2) is 5.60 Å². The molecule has 0 saturated carbocycles. The van der Waals surface area contributed by atoms with Crippen molar-refractivity contribution >= 4 is 40.3 Å². The standard InChI is InChI=1S/C31H39N5O5/c1-8-10-21-19(3)23(12-11-20(21)9-2)34-27-22-13-25(26(39-7)14-24(22)32-18-33-27)36-17-31(41-29(36)38)15-35(16-31)28(37)40-30(4,5)6/h11-14,18H,8-10,15-17H2,1-7H3,(H,32,33,34). The number of nitrogens with zero attached hydrogens (tertiary/aromatic N) is 4. The van der Waals surface area contributed by atoms with Crippen molar-refractivity contribution in [3.63, 3.8) is 0 Å². The number of amides is 2. The molecule has 0 bridgehead atoms. The highest BCUT2D eigenvalue weighted by atomic mass is 16.6. The number of benzene rings is 2. The van der Waals surface area contributed by atoms with Gasteiger partial charge in [0.2, 0.25) is 0 Å². The lowest BCUT2D eigenvalue weighted by Crippen LogP contribution is -2.66. The minimum absolute atomic E-state index is 0.267. The Morgan fingerprint density at radius 2 is 1.90 bits per heavy atom. The zero-order valence-corrected chi connectivity index (χ0v) is 25.0. The first-order valence-electron chi connectivity index (χ1n) is 14.2. The summed E-state index contributed by atoms with van der Waals surface area (Å²) < 4.78 is 17.0. The van der Waals surface area contributed by atoms with Crippen molar-refractivity contribution < 1.29 is 23.8 Å². The number of rotatable bonds is 7. The van der Waals surface area contributed by atoms with Gasteiger partial charge in [0.25, 0.3) is 0 Å². The van der Waals surface area contributed by atoms with Crippen LogP contribution in [0.2, 0.25) is 0 Å². The van der Waals surface area contributed by atoms with Gasteiger partial charge < -0.3 is 19.5 Å². The van der Waals surface area contributed by atoms with E-state index in [2.05, 4.69) is 48.2 Å². The lowest BCUT2D eigenvalue weighted by atomic mass is 9.94. The van der Waals surface area contributed by atoms with E-state index in [1.54, 1.807) is 23.0 Å². The van der Waals surface area contributed by atoms with Crippen LogP contribution in [-0.2, 0) is 22.3 Å². The number of nitrogens with one attached hydrogen (secondary N) is 1. The van der Waals surface area contributed by atoms with E-state index in [1.165, 1.54) is 23.0 Å². The Morgan fingerprint density at radius 3 is 2.56 bits per heavy atom. The third-order valence-corrected chi connectivity index (χ3v) is 7.64. The van der Waals surface area contributed by atoms with E-state index in [1.807, 2.05) is 26.8 Å². The number of aromatic nitrogens is 2. The molecule has 2 saturated heterocycles. The number of carbonyl (C=O) groups excluding carboxylic acids is 2. The third kappa shape index (κ3) is 5.47. The highest BCUT2D eigenvalue weighted by Crippen LogP contribution is 2.41. The zero-order chi connectivity index (χ0) is 29.5. The molecule has 10 heteroatoms. The molecule has 2 aromatic carbocycles. The Balaban J connectivity index is 1.44. The second kappa shape index (κ2) is 10.7. The molecule has 1 aromatic heterocycles. The first-order valence-corrected chi connectivity index (χ1v) is 14.2. The Labute approximate surface area is 241 Å². The van der Waals surface area contributed by atoms with Crippen molar-refractivity contribution in [2.45, 2.75) is 72.0 Å². The van der Waals surface area contributed by atoms with Gasteiger partial charge in [-0.1, -0.05) is 26.3 Å². The van der Waals surface area contributed by atoms with Gasteiger partial charge in [-0.15, -0.1) is 0 Å². The molecule has 41 heavy (non-hydrogen) atoms. The molecule has 218 valence electrons. The first kappa shape index (κ1) is 28.4. The van der Waals surface area contributed by atoms with Crippen LogP contribution in [0.3, 0.4) is 0 Å². The fourth-order valence-corrected chi connectivity index (χ4v) is 5.63. The Hall–Kier alpha value is -4.08. The van der Waals surface area contributed by atoms with Crippen molar-refractivity contribution in [2.24, 2.45) is 0 Å². The number of likely N-dealkylation sites (tertiary alicyclic amines) is 1. The number of anilines is 3. The fourth-order valence-electron chi connectivity index (χ4n) is 5.63. The van der Waals surface area contributed by atoms with Crippen molar-refractivity contribution in [2.75, 3.05) is 37.0 Å². The Morgan fingerprint density at radius 1 is 1.15 bits per heavy atom. The molecule has 3 heterocycles. The maximum Gasteiger partial charge on any atom is 0.415 e. The average Bonchev–Trinajstić information content (AvgIpc) is 3.26. The van der Waals surface area contributed by atoms with Gasteiger partial charge in [-0.3, -0.25) is 9.80 Å². The molecular formula is C31H39N5O5. The summed E-state index contributed by atoms with van der Waals surface area (Å²) in [5.74, 6) is 1.13. The van der Waals surface area contributed by atoms with Crippen LogP contribution in [0, 0.1) is 6.92 Å². The van der Waals surface area contributed by atoms with Gasteiger partial charge >= 0.3 is 12.2 Å². The SMILES string of the molecule is CCCc1c(CC)ccc(Nc2ncnc3cc(OC)c(N4CC5(CN(C(=O)OC(C)(C)C)C5)OC4=O)cc23)c1C. The monoisotopic (exact) mass is 561 g/mol. The summed E-state index contributed by atoms with van der Waals surface area (Å²) in [5, 5.41) is 4.27. The van der Waals surface area contributed by atoms with E-state index >= 15 is 0 Å². The average molecular weight is 562 g/mol. The van der Waals surface area contributed by atoms with Gasteiger partial charge in [0, 0.05) is 17.1 Å². The predicted molar refractivity (Wildman–Crippen MR) is 158 cm³/mol. The van der Waals surface area contributed by atoms with Crippen LogP contribution < -0.4 is 15.0 Å². The highest BCUT2D eigenvalue weighted by Gasteiger charge is 2.56. The van der Waals surface area contributed by atoms with E-state index in [9.17, 15) is 9.59 Å². The smallest absolute Gasteiger partial charge is 0.415 e. The summed E-state index contributed by atoms with van der Waals surface area (Å²) in [6.07, 6.45) is 3.68. The molecule has 2 aliphatic rings. The summed E-state index contributed by atoms with van der Waals surface area (Å²) in [7, 11) is 1.56. The summed E-state index contributed by atoms with van der Waals surface area (Å²) in [6, 6.07) is 7.94. The van der Waals surface area contributed by atoms with Gasteiger partial charge in [0.1, 0.15) is 23.5 Å². The molecule has 2 aliphatic heterocycles. The van der Waals surface area contributed by atoms with Crippen LogP contribution in [0.25, 0.3) is 10.9 Å². The predicted octanol–water partition coefficient (Wildman–Crippen LogP) is 6.15. The minimum Gasteiger partial charge on any atom is -0.494 e. The Kier molecular flexibility index (Phi) is 7.44. The highest BCUT2D eigenvalue weighted by molar-refractivity contribution is 6.00. The Bertz CT molecular complexity index is 1490. The molecule has 0 atom stereocenters. The normalized spacial score (nSPS) is 16.1. The van der Waals surface area contributed by atoms with E-state index in [0.717, 1.165) is 30.3 Å². The van der Waals surface area contributed by atoms with Gasteiger partial charge in [-0.25, -0.2) is 19.6 Å². The molecule has 10 nitrogen and oxygen atoms in total. The summed E-state index contributed by atoms with van der Waals surface area (Å²) in [6.45, 7) is 12.8. The lowest BCUT2D eigenvalue weighted by Gasteiger charge is -2.45. The van der Waals surface area contributed by atoms with Crippen molar-refractivity contribution in [3.8, 4) is 5.75 Å². The molecule has 0 unspecified atom stereocenters. The van der Waals surface area contributed by atoms with Crippen molar-refractivity contribution in [3.05, 3.63) is 47.3 Å². The van der Waals surface area contributed by atoms with E-state index in [0.29, 0.717) is 22.8 Å². The van der Waals surface area contributed by atoms with E-state index in [4.69, 9.17) is 14.2 Å². The largest absolute Gasteiger partial charge is 0.494 e. The topological polar surface area (TPSA) is 106 Å². The number of aryl methyl sites for hydroxylation is 1. The minimum atomic E-state index is -0.796. The second-order valence-corrected chi connectivity index (χ2v) is 11.8. The fraction of sp³-hybridized carbons (Fsp3) is 0.484. The van der Waals surface area contributed by atoms with E-state index < -0.39 is 23.4 Å². The molecular weight excluding hydrogens is 522 g/mol. The van der Waals surface area contributed by atoms with Crippen molar-refractivity contribution in [1.29, 1.82) is 0 Å². The van der Waals surface area contributed by atoms with Crippen LogP contribution >= 0.6 is 0 Å². The molecule has 3 aromatic rings. The van der Waals surface area contributed by atoms with Crippen LogP contribution in [0.1, 0.15) is 57.7 Å². The van der Waals surface area contributed by atoms with Gasteiger partial charge in [0.05, 0.1) is 37.9 Å². The maximum absolute atomic E-state index is 13.1. The third-order valence-electron chi connectivity index (χ3n) is 7.64. The lowest BCUT2D eigenvalue weighted by molar-refractivity contribution is -0.0779. The summed E-state index contributed by atoms with van der Waals surface area (Å²) >= 11 is 0. The zero-order valence-electron chi connectivity index (χ0n) is 25.0. The van der Waals surface area contributed by atoms with Crippen LogP contribution in [-0.4, -0.2) is 65.0 Å². The number of hydrogen-bond acceptors (Lipinski definition) is 8. The first-order chi connectivity index (χ1) is 19.5. The maximum atomic E-state index is 13.1. The van der Waals surface area contributed by atoms with Crippen molar-refractivity contribution in [1.82, 2.24) is 14.9 Å². The number of hydrogen-bond donors (Lipinski definition) is 1. The molecule has 0 aliphatic carbocycles. The number of methoxy groups -OCH3 is 1. The van der Waals surface area contributed by atoms with Crippen LogP contribution in [0.15, 0.2) is 30.6 Å². The molecule has 2 fully saturated rings. The second-order valence-electron chi connectivity index (χ2n) is 11.8. The number of ether oxygens (including phenoxy) is 3. The van der Waals surface area contributed by atoms with Crippen LogP contribution in [0.4, 0.5) is 26.8 Å². The molecule has 1 spiro atoms. The number of fused-ring (bicyclic) bond motifs is 1. The van der Waals surface area contributed by atoms with Gasteiger partial charge in [-0.2, -0.15) is 0 Å². The summed E-state index contributed by atoms with van der Waals surface area (Å²) in [5.41, 5.74) is 4.76. The summed E-state index contributed by atoms with van der Waals surface area (Å²) in [4.78, 5) is 37.7. The van der Waals surface area contributed by atoms with Crippen LogP contribution in [0.5, 0.6) is 5.75 Å². The quantitative estimate of drug-likeness (QED) is 0.366. The van der Waals surface area contributed by atoms with Gasteiger partial charge in [-0.05, 0) is 69.4 Å². The molecule has 0 radical (unpaired) electrons.